The van der Waals surface area contributed by atoms with Gasteiger partial charge in [0.05, 0.1) is 25.3 Å². The molecule has 1 saturated carbocycles. The summed E-state index contributed by atoms with van der Waals surface area (Å²) < 4.78 is 25.3. The fourth-order valence-electron chi connectivity index (χ4n) is 3.40. The molecule has 0 aromatic carbocycles. The number of halogens is 1. The molecule has 0 saturated heterocycles. The van der Waals surface area contributed by atoms with Crippen molar-refractivity contribution in [1.82, 2.24) is 25.2 Å². The fraction of sp³-hybridized carbons (Fsp3) is 0.409. The highest BCUT2D eigenvalue weighted by Crippen LogP contribution is 2.42. The average molecular weight is 442 g/mol. The Morgan fingerprint density at radius 3 is 2.88 bits per heavy atom. The number of carbonyl (C=O) groups is 1. The normalized spacial score (nSPS) is 14.4. The van der Waals surface area contributed by atoms with Crippen molar-refractivity contribution in [2.45, 2.75) is 25.1 Å². The molecule has 1 aliphatic rings. The number of anilines is 1. The van der Waals surface area contributed by atoms with Gasteiger partial charge in [-0.15, -0.1) is 0 Å². The number of rotatable bonds is 9. The Morgan fingerprint density at radius 2 is 2.16 bits per heavy atom. The van der Waals surface area contributed by atoms with Gasteiger partial charge in [-0.05, 0) is 45.1 Å². The molecular formula is C22H27FN6O3. The van der Waals surface area contributed by atoms with Crippen LogP contribution in [0.2, 0.25) is 0 Å². The minimum absolute atomic E-state index is 0.0799. The molecule has 3 aromatic heterocycles. The molecule has 3 heterocycles. The molecule has 32 heavy (non-hydrogen) atoms. The Kier molecular flexibility index (Phi) is 6.40. The first-order valence-corrected chi connectivity index (χ1v) is 10.5. The number of pyridine rings is 2. The summed E-state index contributed by atoms with van der Waals surface area (Å²) in [4.78, 5) is 25.7. The summed E-state index contributed by atoms with van der Waals surface area (Å²) in [7, 11) is 5.12. The van der Waals surface area contributed by atoms with Gasteiger partial charge in [0.15, 0.2) is 0 Å². The third-order valence-corrected chi connectivity index (χ3v) is 4.99. The van der Waals surface area contributed by atoms with Gasteiger partial charge in [0.25, 0.3) is 0 Å². The van der Waals surface area contributed by atoms with Crippen molar-refractivity contribution < 1.29 is 18.7 Å². The van der Waals surface area contributed by atoms with Crippen LogP contribution < -0.4 is 20.1 Å². The number of alkyl halides is 1. The first-order chi connectivity index (χ1) is 15.4. The molecule has 3 aromatic rings. The second kappa shape index (κ2) is 9.39. The monoisotopic (exact) mass is 442 g/mol. The van der Waals surface area contributed by atoms with Crippen LogP contribution in [0.5, 0.6) is 11.6 Å². The lowest BCUT2D eigenvalue weighted by Gasteiger charge is -2.14. The van der Waals surface area contributed by atoms with Crippen molar-refractivity contribution in [2.24, 2.45) is 0 Å². The number of methoxy groups -OCH3 is 1. The molecule has 0 spiro atoms. The fourth-order valence-corrected chi connectivity index (χ4v) is 3.40. The summed E-state index contributed by atoms with van der Waals surface area (Å²) in [5.74, 6) is 1.52. The maximum atomic E-state index is 13.8. The highest BCUT2D eigenvalue weighted by atomic mass is 19.1. The van der Waals surface area contributed by atoms with Crippen LogP contribution in [-0.4, -0.2) is 72.5 Å². The Labute approximate surface area is 185 Å². The Bertz CT molecular complexity index is 1100. The van der Waals surface area contributed by atoms with Crippen LogP contribution in [0.3, 0.4) is 0 Å². The van der Waals surface area contributed by atoms with Crippen LogP contribution in [0.25, 0.3) is 22.2 Å². The van der Waals surface area contributed by atoms with Gasteiger partial charge < -0.3 is 24.7 Å². The smallest absolute Gasteiger partial charge is 0.320 e. The zero-order chi connectivity index (χ0) is 22.7. The molecule has 1 aliphatic carbocycles. The topological polar surface area (TPSA) is 104 Å². The second-order valence-electron chi connectivity index (χ2n) is 8.00. The van der Waals surface area contributed by atoms with E-state index in [1.807, 2.05) is 18.3 Å². The van der Waals surface area contributed by atoms with Crippen molar-refractivity contribution >= 4 is 22.9 Å². The number of aromatic amines is 1. The molecule has 3 N–H and O–H groups in total. The van der Waals surface area contributed by atoms with Crippen LogP contribution in [-0.2, 0) is 0 Å². The number of aromatic nitrogens is 3. The second-order valence-corrected chi connectivity index (χ2v) is 8.00. The summed E-state index contributed by atoms with van der Waals surface area (Å²) in [6.07, 6.45) is 4.62. The van der Waals surface area contributed by atoms with Crippen LogP contribution >= 0.6 is 0 Å². The standard InChI is InChI=1S/C22H27FN6O3/c1-29(2)12-13(23)10-26-22(30)28-18-7-6-15-16(11-25-20(15)27-18)19-17(32-14-4-5-14)8-9-24-21(19)31-3/h6-9,11,13-14H,4-5,10,12H2,1-3H3,(H3,25,26,27,28,30). The predicted octanol–water partition coefficient (Wildman–Crippen LogP) is 3.20. The van der Waals surface area contributed by atoms with Crippen molar-refractivity contribution in [3.63, 3.8) is 0 Å². The predicted molar refractivity (Wildman–Crippen MR) is 120 cm³/mol. The number of nitrogens with zero attached hydrogens (tertiary/aromatic N) is 3. The highest BCUT2D eigenvalue weighted by Gasteiger charge is 2.27. The molecule has 2 amide bonds. The van der Waals surface area contributed by atoms with Gasteiger partial charge in [0.1, 0.15) is 23.4 Å². The van der Waals surface area contributed by atoms with E-state index in [4.69, 9.17) is 9.47 Å². The van der Waals surface area contributed by atoms with Crippen molar-refractivity contribution in [1.29, 1.82) is 0 Å². The SMILES string of the molecule is COc1nccc(OC2CC2)c1-c1c[nH]c2nc(NC(=O)NCC(F)CN(C)C)ccc12. The van der Waals surface area contributed by atoms with Gasteiger partial charge in [-0.25, -0.2) is 19.2 Å². The minimum Gasteiger partial charge on any atom is -0.490 e. The lowest BCUT2D eigenvalue weighted by molar-refractivity contribution is 0.228. The van der Waals surface area contributed by atoms with Gasteiger partial charge in [-0.1, -0.05) is 0 Å². The zero-order valence-electron chi connectivity index (χ0n) is 18.3. The Balaban J connectivity index is 1.52. The molecule has 0 radical (unpaired) electrons. The molecule has 1 atom stereocenters. The first kappa shape index (κ1) is 21.8. The number of urea groups is 1. The molecule has 9 nitrogen and oxygen atoms in total. The lowest BCUT2D eigenvalue weighted by Crippen LogP contribution is -2.37. The number of H-pyrrole nitrogens is 1. The van der Waals surface area contributed by atoms with Crippen molar-refractivity contribution in [3.05, 3.63) is 30.6 Å². The minimum atomic E-state index is -1.15. The van der Waals surface area contributed by atoms with Crippen LogP contribution in [0.1, 0.15) is 12.8 Å². The summed E-state index contributed by atoms with van der Waals surface area (Å²) in [6, 6.07) is 4.85. The van der Waals surface area contributed by atoms with Crippen molar-refractivity contribution in [2.75, 3.05) is 39.6 Å². The Morgan fingerprint density at radius 1 is 1.34 bits per heavy atom. The Hall–Kier alpha value is -3.40. The molecule has 1 unspecified atom stereocenters. The first-order valence-electron chi connectivity index (χ1n) is 10.5. The van der Waals surface area contributed by atoms with E-state index in [-0.39, 0.29) is 19.2 Å². The number of nitrogens with one attached hydrogen (secondary N) is 3. The van der Waals surface area contributed by atoms with Gasteiger partial charge >= 0.3 is 6.03 Å². The van der Waals surface area contributed by atoms with E-state index in [0.29, 0.717) is 23.1 Å². The third-order valence-electron chi connectivity index (χ3n) is 4.99. The summed E-state index contributed by atoms with van der Waals surface area (Å²) in [6.45, 7) is 0.156. The third kappa shape index (κ3) is 5.08. The molecular weight excluding hydrogens is 415 g/mol. The van der Waals surface area contributed by atoms with E-state index >= 15 is 0 Å². The maximum Gasteiger partial charge on any atom is 0.320 e. The van der Waals surface area contributed by atoms with E-state index in [9.17, 15) is 9.18 Å². The average Bonchev–Trinajstić information content (AvgIpc) is 3.48. The molecule has 1 fully saturated rings. The summed E-state index contributed by atoms with van der Waals surface area (Å²) >= 11 is 0. The van der Waals surface area contributed by atoms with E-state index in [2.05, 4.69) is 25.6 Å². The largest absolute Gasteiger partial charge is 0.490 e. The number of ether oxygens (including phenoxy) is 2. The molecule has 4 rings (SSSR count). The summed E-state index contributed by atoms with van der Waals surface area (Å²) in [5.41, 5.74) is 2.17. The van der Waals surface area contributed by atoms with Gasteiger partial charge in [-0.2, -0.15) is 0 Å². The number of fused-ring (bicyclic) bond motifs is 1. The van der Waals surface area contributed by atoms with Crippen LogP contribution in [0.15, 0.2) is 30.6 Å². The zero-order valence-corrected chi connectivity index (χ0v) is 18.3. The van der Waals surface area contributed by atoms with E-state index in [0.717, 1.165) is 29.4 Å². The molecule has 170 valence electrons. The number of amides is 2. The molecule has 0 bridgehead atoms. The quantitative estimate of drug-likeness (QED) is 0.470. The number of carbonyl (C=O) groups excluding carboxylic acids is 1. The molecule has 0 aliphatic heterocycles. The van der Waals surface area contributed by atoms with Gasteiger partial charge in [0.2, 0.25) is 5.88 Å². The maximum absolute atomic E-state index is 13.8. The number of hydrogen-bond acceptors (Lipinski definition) is 6. The number of hydrogen-bond donors (Lipinski definition) is 3. The van der Waals surface area contributed by atoms with Crippen LogP contribution in [0, 0.1) is 0 Å². The van der Waals surface area contributed by atoms with Crippen molar-refractivity contribution in [3.8, 4) is 22.8 Å². The van der Waals surface area contributed by atoms with E-state index in [1.54, 1.807) is 38.4 Å². The van der Waals surface area contributed by atoms with E-state index in [1.165, 1.54) is 0 Å². The lowest BCUT2D eigenvalue weighted by atomic mass is 10.1. The highest BCUT2D eigenvalue weighted by molar-refractivity contribution is 5.98. The van der Waals surface area contributed by atoms with Crippen LogP contribution in [0.4, 0.5) is 15.0 Å². The van der Waals surface area contributed by atoms with E-state index < -0.39 is 12.2 Å². The van der Waals surface area contributed by atoms with Gasteiger partial charge in [0, 0.05) is 29.9 Å². The van der Waals surface area contributed by atoms with Gasteiger partial charge in [-0.3, -0.25) is 5.32 Å². The summed E-state index contributed by atoms with van der Waals surface area (Å²) in [5, 5.41) is 5.99. The molecule has 10 heteroatoms.